The summed E-state index contributed by atoms with van der Waals surface area (Å²) >= 11 is 3.35. The highest BCUT2D eigenvalue weighted by molar-refractivity contribution is 9.10. The topological polar surface area (TPSA) is 72.2 Å². The molecule has 6 heteroatoms. The van der Waals surface area contributed by atoms with Gasteiger partial charge < -0.3 is 5.11 Å². The second-order valence-electron chi connectivity index (χ2n) is 4.57. The first-order valence-electron chi connectivity index (χ1n) is 6.03. The Morgan fingerprint density at radius 1 is 1.35 bits per heavy atom. The van der Waals surface area contributed by atoms with Crippen LogP contribution in [-0.4, -0.2) is 20.6 Å². The minimum atomic E-state index is -1.11. The van der Waals surface area contributed by atoms with Crippen molar-refractivity contribution in [1.82, 2.24) is 9.55 Å². The van der Waals surface area contributed by atoms with Crippen molar-refractivity contribution in [3.63, 3.8) is 0 Å². The van der Waals surface area contributed by atoms with Gasteiger partial charge in [0.2, 0.25) is 0 Å². The first-order valence-corrected chi connectivity index (χ1v) is 6.82. The van der Waals surface area contributed by atoms with E-state index in [2.05, 4.69) is 20.9 Å². The molecule has 0 radical (unpaired) electrons. The van der Waals surface area contributed by atoms with Gasteiger partial charge in [-0.05, 0) is 19.9 Å². The molecule has 1 N–H and O–H groups in total. The predicted molar refractivity (Wildman–Crippen MR) is 79.0 cm³/mol. The van der Waals surface area contributed by atoms with E-state index in [-0.39, 0.29) is 17.3 Å². The number of carboxylic acid groups (broad SMARTS) is 1. The van der Waals surface area contributed by atoms with Crippen LogP contribution < -0.4 is 5.69 Å². The van der Waals surface area contributed by atoms with Crippen LogP contribution in [0.25, 0.3) is 11.3 Å². The molecule has 0 atom stereocenters. The number of rotatable bonds is 3. The van der Waals surface area contributed by atoms with Crippen molar-refractivity contribution < 1.29 is 9.90 Å². The van der Waals surface area contributed by atoms with E-state index >= 15 is 0 Å². The molecule has 1 heterocycles. The van der Waals surface area contributed by atoms with Crippen molar-refractivity contribution in [2.75, 3.05) is 0 Å². The lowest BCUT2D eigenvalue weighted by atomic mass is 10.1. The molecule has 0 spiro atoms. The lowest BCUT2D eigenvalue weighted by Gasteiger charge is -2.13. The van der Waals surface area contributed by atoms with Gasteiger partial charge in [-0.25, -0.2) is 9.59 Å². The normalized spacial score (nSPS) is 10.8. The van der Waals surface area contributed by atoms with Gasteiger partial charge in [0.1, 0.15) is 5.56 Å². The molecular formula is C14H13BrN2O3. The third kappa shape index (κ3) is 2.65. The number of hydrogen-bond acceptors (Lipinski definition) is 3. The number of hydrogen-bond donors (Lipinski definition) is 1. The van der Waals surface area contributed by atoms with Crippen LogP contribution in [0.3, 0.4) is 0 Å². The molecule has 0 aliphatic heterocycles. The summed E-state index contributed by atoms with van der Waals surface area (Å²) in [5, 5.41) is 9.34. The van der Waals surface area contributed by atoms with Crippen molar-refractivity contribution in [3.8, 4) is 11.3 Å². The zero-order valence-electron chi connectivity index (χ0n) is 11.0. The molecule has 20 heavy (non-hydrogen) atoms. The molecule has 1 aromatic heterocycles. The van der Waals surface area contributed by atoms with Crippen molar-refractivity contribution >= 4 is 21.9 Å². The van der Waals surface area contributed by atoms with Gasteiger partial charge in [-0.1, -0.05) is 34.1 Å². The monoisotopic (exact) mass is 336 g/mol. The molecule has 0 amide bonds. The SMILES string of the molecule is CC(C)n1cc(C(=O)O)c(-c2ccccc2Br)nc1=O. The van der Waals surface area contributed by atoms with Crippen LogP contribution in [0, 0.1) is 0 Å². The van der Waals surface area contributed by atoms with Crippen LogP contribution >= 0.6 is 15.9 Å². The van der Waals surface area contributed by atoms with E-state index in [9.17, 15) is 14.7 Å². The van der Waals surface area contributed by atoms with E-state index in [1.54, 1.807) is 32.0 Å². The molecule has 0 aliphatic carbocycles. The van der Waals surface area contributed by atoms with E-state index in [4.69, 9.17) is 0 Å². The Morgan fingerprint density at radius 2 is 2.00 bits per heavy atom. The van der Waals surface area contributed by atoms with E-state index in [1.807, 2.05) is 6.07 Å². The zero-order chi connectivity index (χ0) is 14.9. The maximum Gasteiger partial charge on any atom is 0.348 e. The second-order valence-corrected chi connectivity index (χ2v) is 5.43. The lowest BCUT2D eigenvalue weighted by molar-refractivity contribution is 0.0696. The Hall–Kier alpha value is -1.95. The first-order chi connectivity index (χ1) is 9.41. The number of carbonyl (C=O) groups is 1. The van der Waals surface area contributed by atoms with Gasteiger partial charge in [-0.2, -0.15) is 4.98 Å². The Kier molecular flexibility index (Phi) is 4.04. The highest BCUT2D eigenvalue weighted by Gasteiger charge is 2.18. The molecule has 5 nitrogen and oxygen atoms in total. The average Bonchev–Trinajstić information content (AvgIpc) is 2.38. The summed E-state index contributed by atoms with van der Waals surface area (Å²) in [5.74, 6) is -1.11. The number of halogens is 1. The van der Waals surface area contributed by atoms with Crippen LogP contribution in [0.4, 0.5) is 0 Å². The molecule has 0 saturated carbocycles. The molecule has 104 valence electrons. The van der Waals surface area contributed by atoms with Gasteiger partial charge in [0.15, 0.2) is 0 Å². The van der Waals surface area contributed by atoms with E-state index < -0.39 is 11.7 Å². The largest absolute Gasteiger partial charge is 0.478 e. The summed E-state index contributed by atoms with van der Waals surface area (Å²) < 4.78 is 2.00. The maximum absolute atomic E-state index is 12.0. The number of aromatic carboxylic acids is 1. The number of carboxylic acids is 1. The second kappa shape index (κ2) is 5.58. The molecular weight excluding hydrogens is 324 g/mol. The fourth-order valence-electron chi connectivity index (χ4n) is 1.85. The maximum atomic E-state index is 12.0. The highest BCUT2D eigenvalue weighted by Crippen LogP contribution is 2.28. The highest BCUT2D eigenvalue weighted by atomic mass is 79.9. The summed E-state index contributed by atoms with van der Waals surface area (Å²) in [6, 6.07) is 6.92. The van der Waals surface area contributed by atoms with Gasteiger partial charge in [0, 0.05) is 22.3 Å². The standard InChI is InChI=1S/C14H13BrN2O3/c1-8(2)17-7-10(13(18)19)12(16-14(17)20)9-5-3-4-6-11(9)15/h3-8H,1-2H3,(H,18,19). The number of aromatic nitrogens is 2. The van der Waals surface area contributed by atoms with Gasteiger partial charge in [-0.15, -0.1) is 0 Å². The van der Waals surface area contributed by atoms with Crippen LogP contribution in [0.5, 0.6) is 0 Å². The summed E-state index contributed by atoms with van der Waals surface area (Å²) in [4.78, 5) is 27.3. The predicted octanol–water partition coefficient (Wildman–Crippen LogP) is 2.95. The molecule has 0 bridgehead atoms. The molecule has 2 aromatic rings. The van der Waals surface area contributed by atoms with Crippen molar-refractivity contribution in [1.29, 1.82) is 0 Å². The Bertz CT molecular complexity index is 723. The number of nitrogens with zero attached hydrogens (tertiary/aromatic N) is 2. The molecule has 0 aliphatic rings. The number of benzene rings is 1. The Balaban J connectivity index is 2.77. The van der Waals surface area contributed by atoms with Crippen LogP contribution in [0.1, 0.15) is 30.2 Å². The Morgan fingerprint density at radius 3 is 2.55 bits per heavy atom. The summed E-state index contributed by atoms with van der Waals surface area (Å²) in [5.41, 5.74) is 0.297. The van der Waals surface area contributed by atoms with Gasteiger partial charge in [-0.3, -0.25) is 4.57 Å². The van der Waals surface area contributed by atoms with E-state index in [0.717, 1.165) is 0 Å². The molecule has 0 saturated heterocycles. The average molecular weight is 337 g/mol. The fraction of sp³-hybridized carbons (Fsp3) is 0.214. The van der Waals surface area contributed by atoms with E-state index in [0.29, 0.717) is 10.0 Å². The molecule has 0 unspecified atom stereocenters. The smallest absolute Gasteiger partial charge is 0.348 e. The quantitative estimate of drug-likeness (QED) is 0.935. The van der Waals surface area contributed by atoms with Crippen molar-refractivity contribution in [3.05, 3.63) is 51.0 Å². The minimum absolute atomic E-state index is 0.00481. The minimum Gasteiger partial charge on any atom is -0.478 e. The fourth-order valence-corrected chi connectivity index (χ4v) is 2.33. The summed E-state index contributed by atoms with van der Waals surface area (Å²) in [6.45, 7) is 3.60. The summed E-state index contributed by atoms with van der Waals surface area (Å²) in [7, 11) is 0. The zero-order valence-corrected chi connectivity index (χ0v) is 12.6. The van der Waals surface area contributed by atoms with Crippen LogP contribution in [-0.2, 0) is 0 Å². The molecule has 0 fully saturated rings. The van der Waals surface area contributed by atoms with Gasteiger partial charge in [0.25, 0.3) is 0 Å². The van der Waals surface area contributed by atoms with Crippen molar-refractivity contribution in [2.24, 2.45) is 0 Å². The third-order valence-electron chi connectivity index (χ3n) is 2.87. The van der Waals surface area contributed by atoms with Gasteiger partial charge >= 0.3 is 11.7 Å². The molecule has 2 rings (SSSR count). The van der Waals surface area contributed by atoms with Crippen LogP contribution in [0.2, 0.25) is 0 Å². The first kappa shape index (κ1) is 14.5. The summed E-state index contributed by atoms with van der Waals surface area (Å²) in [6.07, 6.45) is 1.34. The molecule has 1 aromatic carbocycles. The lowest BCUT2D eigenvalue weighted by Crippen LogP contribution is -2.26. The van der Waals surface area contributed by atoms with Crippen LogP contribution in [0.15, 0.2) is 39.7 Å². The van der Waals surface area contributed by atoms with Crippen molar-refractivity contribution in [2.45, 2.75) is 19.9 Å². The third-order valence-corrected chi connectivity index (χ3v) is 3.56. The Labute approximate surface area is 124 Å². The van der Waals surface area contributed by atoms with Gasteiger partial charge in [0.05, 0.1) is 5.69 Å². The van der Waals surface area contributed by atoms with E-state index in [1.165, 1.54) is 10.8 Å².